The second-order valence-corrected chi connectivity index (χ2v) is 4.73. The highest BCUT2D eigenvalue weighted by molar-refractivity contribution is 5.94. The molecule has 0 aliphatic heterocycles. The Morgan fingerprint density at radius 2 is 1.95 bits per heavy atom. The third-order valence-corrected chi connectivity index (χ3v) is 3.19. The van der Waals surface area contributed by atoms with Crippen LogP contribution in [0.1, 0.15) is 21.5 Å². The second kappa shape index (κ2) is 6.91. The van der Waals surface area contributed by atoms with Gasteiger partial charge in [-0.3, -0.25) is 0 Å². The Morgan fingerprint density at radius 3 is 2.50 bits per heavy atom. The molecule has 0 saturated heterocycles. The number of aromatic carboxylic acids is 1. The second-order valence-electron chi connectivity index (χ2n) is 4.73. The van der Waals surface area contributed by atoms with Crippen molar-refractivity contribution in [2.24, 2.45) is 0 Å². The third-order valence-electron chi connectivity index (χ3n) is 3.19. The number of benzene rings is 1. The summed E-state index contributed by atoms with van der Waals surface area (Å²) in [5.41, 5.74) is 2.24. The van der Waals surface area contributed by atoms with Gasteiger partial charge in [0.15, 0.2) is 0 Å². The number of likely N-dealkylation sites (N-methyl/N-ethyl adjacent to an activating group) is 2. The lowest BCUT2D eigenvalue weighted by Crippen LogP contribution is -2.36. The van der Waals surface area contributed by atoms with E-state index >= 15 is 0 Å². The fourth-order valence-electron chi connectivity index (χ4n) is 1.75. The monoisotopic (exact) mass is 279 g/mol. The minimum atomic E-state index is -0.995. The summed E-state index contributed by atoms with van der Waals surface area (Å²) in [4.78, 5) is 24.6. The van der Waals surface area contributed by atoms with Crippen molar-refractivity contribution >= 4 is 17.7 Å². The van der Waals surface area contributed by atoms with Crippen LogP contribution in [0, 0.1) is 13.8 Å². The molecule has 0 radical (unpaired) electrons. The first-order valence-corrected chi connectivity index (χ1v) is 6.38. The molecule has 1 aromatic rings. The molecule has 0 aliphatic carbocycles. The molecular formula is C14H21N3O3. The lowest BCUT2D eigenvalue weighted by atomic mass is 10.0. The first-order chi connectivity index (χ1) is 9.36. The molecule has 3 N–H and O–H groups in total. The van der Waals surface area contributed by atoms with E-state index in [0.29, 0.717) is 24.3 Å². The third kappa shape index (κ3) is 3.96. The lowest BCUT2D eigenvalue weighted by Gasteiger charge is -2.18. The number of carboxylic acids is 1. The van der Waals surface area contributed by atoms with Crippen LogP contribution in [0.2, 0.25) is 0 Å². The molecule has 6 nitrogen and oxygen atoms in total. The standard InChI is InChI=1S/C14H21N3O3/c1-9-7-11(8-12(10(9)2)13(18)19)16-14(20)17(4)6-5-15-3/h7-8,15H,5-6H2,1-4H3,(H,16,20)(H,18,19). The van der Waals surface area contributed by atoms with E-state index in [1.165, 1.54) is 11.0 Å². The van der Waals surface area contributed by atoms with Gasteiger partial charge in [-0.25, -0.2) is 9.59 Å². The molecule has 0 unspecified atom stereocenters. The maximum atomic E-state index is 11.9. The van der Waals surface area contributed by atoms with E-state index in [-0.39, 0.29) is 11.6 Å². The Bertz CT molecular complexity index is 515. The predicted molar refractivity (Wildman–Crippen MR) is 78.5 cm³/mol. The fourth-order valence-corrected chi connectivity index (χ4v) is 1.75. The molecular weight excluding hydrogens is 258 g/mol. The van der Waals surface area contributed by atoms with Crippen molar-refractivity contribution in [1.82, 2.24) is 10.2 Å². The Labute approximate surface area is 118 Å². The van der Waals surface area contributed by atoms with Crippen molar-refractivity contribution < 1.29 is 14.7 Å². The number of nitrogens with one attached hydrogen (secondary N) is 2. The van der Waals surface area contributed by atoms with Crippen LogP contribution in [0.5, 0.6) is 0 Å². The number of hydrogen-bond donors (Lipinski definition) is 3. The van der Waals surface area contributed by atoms with E-state index in [9.17, 15) is 9.59 Å². The van der Waals surface area contributed by atoms with E-state index in [0.717, 1.165) is 5.56 Å². The highest BCUT2D eigenvalue weighted by Crippen LogP contribution is 2.20. The zero-order valence-electron chi connectivity index (χ0n) is 12.3. The minimum Gasteiger partial charge on any atom is -0.478 e. The van der Waals surface area contributed by atoms with Crippen molar-refractivity contribution in [2.45, 2.75) is 13.8 Å². The van der Waals surface area contributed by atoms with Gasteiger partial charge in [-0.1, -0.05) is 0 Å². The van der Waals surface area contributed by atoms with Crippen molar-refractivity contribution in [1.29, 1.82) is 0 Å². The highest BCUT2D eigenvalue weighted by atomic mass is 16.4. The summed E-state index contributed by atoms with van der Waals surface area (Å²) in [7, 11) is 3.50. The van der Waals surface area contributed by atoms with Gasteiger partial charge in [0.25, 0.3) is 0 Å². The van der Waals surface area contributed by atoms with Gasteiger partial charge in [-0.05, 0) is 44.2 Å². The van der Waals surface area contributed by atoms with Gasteiger partial charge < -0.3 is 20.6 Å². The van der Waals surface area contributed by atoms with Crippen molar-refractivity contribution in [2.75, 3.05) is 32.5 Å². The van der Waals surface area contributed by atoms with Gasteiger partial charge >= 0.3 is 12.0 Å². The fraction of sp³-hybridized carbons (Fsp3) is 0.429. The van der Waals surface area contributed by atoms with Crippen LogP contribution in [0.3, 0.4) is 0 Å². The zero-order chi connectivity index (χ0) is 15.3. The predicted octanol–water partition coefficient (Wildman–Crippen LogP) is 1.68. The number of urea groups is 1. The Morgan fingerprint density at radius 1 is 1.30 bits per heavy atom. The molecule has 0 aromatic heterocycles. The molecule has 2 amide bonds. The number of amides is 2. The van der Waals surface area contributed by atoms with E-state index in [4.69, 9.17) is 5.11 Å². The van der Waals surface area contributed by atoms with Gasteiger partial charge in [0, 0.05) is 25.8 Å². The summed E-state index contributed by atoms with van der Waals surface area (Å²) >= 11 is 0. The molecule has 1 rings (SSSR count). The Kier molecular flexibility index (Phi) is 5.52. The largest absolute Gasteiger partial charge is 0.478 e. The molecule has 0 atom stereocenters. The Hall–Kier alpha value is -2.08. The van der Waals surface area contributed by atoms with Gasteiger partial charge in [-0.15, -0.1) is 0 Å². The van der Waals surface area contributed by atoms with Gasteiger partial charge in [0.1, 0.15) is 0 Å². The lowest BCUT2D eigenvalue weighted by molar-refractivity contribution is 0.0696. The molecule has 0 fully saturated rings. The van der Waals surface area contributed by atoms with Crippen LogP contribution in [-0.4, -0.2) is 49.2 Å². The summed E-state index contributed by atoms with van der Waals surface area (Å²) in [6.45, 7) is 4.84. The quantitative estimate of drug-likeness (QED) is 0.766. The molecule has 0 aliphatic rings. The highest BCUT2D eigenvalue weighted by Gasteiger charge is 2.13. The summed E-state index contributed by atoms with van der Waals surface area (Å²) < 4.78 is 0. The summed E-state index contributed by atoms with van der Waals surface area (Å²) in [5, 5.41) is 14.8. The smallest absolute Gasteiger partial charge is 0.336 e. The molecule has 0 heterocycles. The molecule has 1 aromatic carbocycles. The summed E-state index contributed by atoms with van der Waals surface area (Å²) in [5.74, 6) is -0.995. The van der Waals surface area contributed by atoms with Crippen molar-refractivity contribution in [3.8, 4) is 0 Å². The molecule has 0 bridgehead atoms. The van der Waals surface area contributed by atoms with E-state index < -0.39 is 5.97 Å². The molecule has 6 heteroatoms. The normalized spacial score (nSPS) is 10.2. The van der Waals surface area contributed by atoms with Gasteiger partial charge in [0.2, 0.25) is 0 Å². The number of carbonyl (C=O) groups is 2. The number of nitrogens with zero attached hydrogens (tertiary/aromatic N) is 1. The van der Waals surface area contributed by atoms with Crippen LogP contribution >= 0.6 is 0 Å². The number of carboxylic acid groups (broad SMARTS) is 1. The number of hydrogen-bond acceptors (Lipinski definition) is 3. The molecule has 0 saturated carbocycles. The van der Waals surface area contributed by atoms with Crippen molar-refractivity contribution in [3.63, 3.8) is 0 Å². The van der Waals surface area contributed by atoms with Crippen LogP contribution in [0.15, 0.2) is 12.1 Å². The maximum Gasteiger partial charge on any atom is 0.336 e. The molecule has 20 heavy (non-hydrogen) atoms. The van der Waals surface area contributed by atoms with E-state index in [1.54, 1.807) is 20.0 Å². The van der Waals surface area contributed by atoms with Crippen LogP contribution in [0.4, 0.5) is 10.5 Å². The average molecular weight is 279 g/mol. The maximum absolute atomic E-state index is 11.9. The first kappa shape index (κ1) is 16.0. The SMILES string of the molecule is CNCCN(C)C(=O)Nc1cc(C)c(C)c(C(=O)O)c1. The number of carbonyl (C=O) groups excluding carboxylic acids is 1. The minimum absolute atomic E-state index is 0.207. The first-order valence-electron chi connectivity index (χ1n) is 6.38. The van der Waals surface area contributed by atoms with Crippen LogP contribution in [-0.2, 0) is 0 Å². The van der Waals surface area contributed by atoms with Crippen LogP contribution < -0.4 is 10.6 Å². The Balaban J connectivity index is 2.88. The summed E-state index contributed by atoms with van der Waals surface area (Å²) in [6.07, 6.45) is 0. The van der Waals surface area contributed by atoms with E-state index in [2.05, 4.69) is 10.6 Å². The summed E-state index contributed by atoms with van der Waals surface area (Å²) in [6, 6.07) is 2.99. The van der Waals surface area contributed by atoms with Gasteiger partial charge in [0.05, 0.1) is 5.56 Å². The van der Waals surface area contributed by atoms with Crippen molar-refractivity contribution in [3.05, 3.63) is 28.8 Å². The molecule has 0 spiro atoms. The number of anilines is 1. The topological polar surface area (TPSA) is 81.7 Å². The zero-order valence-corrected chi connectivity index (χ0v) is 12.3. The molecule has 110 valence electrons. The van der Waals surface area contributed by atoms with Gasteiger partial charge in [-0.2, -0.15) is 0 Å². The average Bonchev–Trinajstić information content (AvgIpc) is 2.39. The number of aryl methyl sites for hydroxylation is 1. The van der Waals surface area contributed by atoms with E-state index in [1.807, 2.05) is 14.0 Å². The van der Waals surface area contributed by atoms with Crippen LogP contribution in [0.25, 0.3) is 0 Å². The number of rotatable bonds is 5.